The number of pyridine rings is 2. The van der Waals surface area contributed by atoms with Crippen LogP contribution in [0.4, 0.5) is 4.39 Å². The highest BCUT2D eigenvalue weighted by Crippen LogP contribution is 2.42. The second-order valence-corrected chi connectivity index (χ2v) is 10.2. The SMILES string of the molecule is Cc1cc(CC(C)(C)C)c2cccc3c2c1c1c2c(cc[n+]1C)c1cccc(F)c1n32. The second-order valence-electron chi connectivity index (χ2n) is 10.2. The van der Waals surface area contributed by atoms with E-state index in [4.69, 9.17) is 0 Å². The molecule has 0 atom stereocenters. The van der Waals surface area contributed by atoms with Crippen LogP contribution >= 0.6 is 0 Å². The van der Waals surface area contributed by atoms with Gasteiger partial charge >= 0.3 is 0 Å². The maximum Gasteiger partial charge on any atom is 0.238 e. The monoisotopic (exact) mass is 409 g/mol. The molecule has 2 nitrogen and oxygen atoms in total. The second kappa shape index (κ2) is 5.94. The molecule has 6 aromatic rings. The van der Waals surface area contributed by atoms with Gasteiger partial charge in [0.2, 0.25) is 5.52 Å². The fraction of sp³-hybridized carbons (Fsp3) is 0.250. The van der Waals surface area contributed by atoms with E-state index in [0.29, 0.717) is 5.52 Å². The number of benzene rings is 3. The van der Waals surface area contributed by atoms with Crippen LogP contribution in [0.15, 0.2) is 54.7 Å². The Kier molecular flexibility index (Phi) is 3.56. The lowest BCUT2D eigenvalue weighted by atomic mass is 9.84. The summed E-state index contributed by atoms with van der Waals surface area (Å²) in [6.07, 6.45) is 3.10. The van der Waals surface area contributed by atoms with E-state index in [0.717, 1.165) is 33.7 Å². The van der Waals surface area contributed by atoms with Gasteiger partial charge in [-0.3, -0.25) is 0 Å². The van der Waals surface area contributed by atoms with Gasteiger partial charge in [0.1, 0.15) is 18.4 Å². The van der Waals surface area contributed by atoms with Crippen molar-refractivity contribution in [2.75, 3.05) is 0 Å². The lowest BCUT2D eigenvalue weighted by Crippen LogP contribution is -2.29. The normalized spacial score (nSPS) is 13.0. The molecule has 0 fully saturated rings. The van der Waals surface area contributed by atoms with E-state index >= 15 is 4.39 Å². The summed E-state index contributed by atoms with van der Waals surface area (Å²) in [5, 5.41) is 5.84. The first-order valence-electron chi connectivity index (χ1n) is 10.9. The van der Waals surface area contributed by atoms with E-state index in [9.17, 15) is 0 Å². The maximum absolute atomic E-state index is 15.2. The van der Waals surface area contributed by atoms with Gasteiger partial charge in [-0.15, -0.1) is 0 Å². The number of para-hydroxylation sites is 1. The fourth-order valence-electron chi connectivity index (χ4n) is 5.57. The minimum atomic E-state index is -0.176. The summed E-state index contributed by atoms with van der Waals surface area (Å²) in [4.78, 5) is 0. The molecule has 0 aliphatic heterocycles. The molecule has 0 spiro atoms. The smallest absolute Gasteiger partial charge is 0.238 e. The number of aryl methyl sites for hydroxylation is 2. The highest BCUT2D eigenvalue weighted by molar-refractivity contribution is 6.26. The molecule has 3 aromatic heterocycles. The van der Waals surface area contributed by atoms with E-state index in [2.05, 4.69) is 80.2 Å². The summed E-state index contributed by atoms with van der Waals surface area (Å²) in [7, 11) is 2.09. The fourth-order valence-corrected chi connectivity index (χ4v) is 5.57. The first-order valence-corrected chi connectivity index (χ1v) is 10.9. The molecule has 0 amide bonds. The predicted octanol–water partition coefficient (Wildman–Crippen LogP) is 6.85. The molecule has 0 unspecified atom stereocenters. The van der Waals surface area contributed by atoms with Crippen LogP contribution in [-0.2, 0) is 13.5 Å². The number of hydrogen-bond acceptors (Lipinski definition) is 0. The van der Waals surface area contributed by atoms with Crippen molar-refractivity contribution in [1.29, 1.82) is 0 Å². The van der Waals surface area contributed by atoms with Gasteiger partial charge in [-0.05, 0) is 47.4 Å². The van der Waals surface area contributed by atoms with Crippen LogP contribution in [-0.4, -0.2) is 4.40 Å². The van der Waals surface area contributed by atoms with Gasteiger partial charge in [0.05, 0.1) is 16.4 Å². The van der Waals surface area contributed by atoms with Crippen LogP contribution in [0.25, 0.3) is 49.0 Å². The molecule has 0 radical (unpaired) electrons. The molecule has 3 heteroatoms. The Bertz CT molecular complexity index is 1660. The van der Waals surface area contributed by atoms with Crippen molar-refractivity contribution < 1.29 is 8.96 Å². The molecule has 0 saturated carbocycles. The molecule has 0 aliphatic carbocycles. The molecule has 0 bridgehead atoms. The van der Waals surface area contributed by atoms with Crippen LogP contribution in [0.2, 0.25) is 0 Å². The maximum atomic E-state index is 15.2. The van der Waals surface area contributed by atoms with Gasteiger partial charge in [-0.1, -0.05) is 51.1 Å². The molecule has 0 saturated heterocycles. The van der Waals surface area contributed by atoms with Gasteiger partial charge < -0.3 is 4.40 Å². The lowest BCUT2D eigenvalue weighted by Gasteiger charge is -2.22. The largest absolute Gasteiger partial charge is 0.300 e. The number of fused-ring (bicyclic) bond motifs is 5. The van der Waals surface area contributed by atoms with E-state index in [1.165, 1.54) is 27.3 Å². The minimum Gasteiger partial charge on any atom is -0.300 e. The van der Waals surface area contributed by atoms with Gasteiger partial charge in [-0.2, -0.15) is 4.57 Å². The molecule has 6 rings (SSSR count). The third kappa shape index (κ3) is 2.40. The number of hydrogen-bond donors (Lipinski definition) is 0. The molecule has 0 aliphatic rings. The van der Waals surface area contributed by atoms with Crippen molar-refractivity contribution in [1.82, 2.24) is 4.40 Å². The van der Waals surface area contributed by atoms with Gasteiger partial charge in [-0.25, -0.2) is 4.39 Å². The predicted molar refractivity (Wildman–Crippen MR) is 128 cm³/mol. The summed E-state index contributed by atoms with van der Waals surface area (Å²) in [6, 6.07) is 16.4. The van der Waals surface area contributed by atoms with Gasteiger partial charge in [0.25, 0.3) is 0 Å². The van der Waals surface area contributed by atoms with Crippen LogP contribution in [0.3, 0.4) is 0 Å². The van der Waals surface area contributed by atoms with E-state index in [1.807, 2.05) is 12.1 Å². The number of nitrogens with zero attached hydrogens (tertiary/aromatic N) is 2. The Morgan fingerprint density at radius 3 is 2.39 bits per heavy atom. The molecule has 3 aromatic carbocycles. The van der Waals surface area contributed by atoms with E-state index < -0.39 is 0 Å². The quantitative estimate of drug-likeness (QED) is 0.159. The molecule has 0 N–H and O–H groups in total. The van der Waals surface area contributed by atoms with Crippen molar-refractivity contribution in [3.05, 3.63) is 71.7 Å². The zero-order valence-electron chi connectivity index (χ0n) is 18.7. The van der Waals surface area contributed by atoms with E-state index in [-0.39, 0.29) is 11.2 Å². The molecule has 154 valence electrons. The van der Waals surface area contributed by atoms with Crippen LogP contribution in [0.5, 0.6) is 0 Å². The standard InChI is InChI=1S/C28H26FN2/c1-16-14-17(15-28(2,3)4)18-8-7-11-22-24(18)23(16)27-26-20(12-13-30(27)5)19-9-6-10-21(29)25(19)31(22)26/h6-14H,15H2,1-5H3/q+1. The zero-order valence-corrected chi connectivity index (χ0v) is 18.7. The molecule has 31 heavy (non-hydrogen) atoms. The van der Waals surface area contributed by atoms with Crippen molar-refractivity contribution >= 4 is 49.0 Å². The Morgan fingerprint density at radius 2 is 1.61 bits per heavy atom. The average Bonchev–Trinajstić information content (AvgIpc) is 3.04. The van der Waals surface area contributed by atoms with E-state index in [1.54, 1.807) is 6.07 Å². The minimum absolute atomic E-state index is 0.176. The van der Waals surface area contributed by atoms with Crippen molar-refractivity contribution in [2.24, 2.45) is 12.5 Å². The Morgan fingerprint density at radius 1 is 0.903 bits per heavy atom. The number of rotatable bonds is 1. The van der Waals surface area contributed by atoms with Crippen LogP contribution in [0, 0.1) is 18.2 Å². The highest BCUT2D eigenvalue weighted by atomic mass is 19.1. The number of aromatic nitrogens is 2. The first kappa shape index (κ1) is 18.6. The highest BCUT2D eigenvalue weighted by Gasteiger charge is 2.26. The van der Waals surface area contributed by atoms with Gasteiger partial charge in [0.15, 0.2) is 6.20 Å². The summed E-state index contributed by atoms with van der Waals surface area (Å²) < 4.78 is 19.6. The molecular weight excluding hydrogens is 383 g/mol. The summed E-state index contributed by atoms with van der Waals surface area (Å²) >= 11 is 0. The van der Waals surface area contributed by atoms with Gasteiger partial charge in [0, 0.05) is 22.2 Å². The first-order chi connectivity index (χ1) is 14.8. The van der Waals surface area contributed by atoms with Crippen molar-refractivity contribution in [3.63, 3.8) is 0 Å². The lowest BCUT2D eigenvalue weighted by molar-refractivity contribution is -0.644. The Balaban J connectivity index is 1.99. The number of halogens is 1. The van der Waals surface area contributed by atoms with Crippen molar-refractivity contribution in [2.45, 2.75) is 34.1 Å². The Hall–Kier alpha value is -3.20. The molecular formula is C28H26FN2+. The van der Waals surface area contributed by atoms with Crippen LogP contribution < -0.4 is 4.57 Å². The topological polar surface area (TPSA) is 8.29 Å². The van der Waals surface area contributed by atoms with Crippen molar-refractivity contribution in [3.8, 4) is 0 Å². The van der Waals surface area contributed by atoms with Crippen LogP contribution in [0.1, 0.15) is 31.9 Å². The summed E-state index contributed by atoms with van der Waals surface area (Å²) in [5.74, 6) is -0.176. The zero-order chi connectivity index (χ0) is 21.7. The third-order valence-electron chi connectivity index (χ3n) is 6.64. The third-order valence-corrected chi connectivity index (χ3v) is 6.64. The Labute approximate surface area is 180 Å². The summed E-state index contributed by atoms with van der Waals surface area (Å²) in [5.41, 5.74) is 6.83. The molecule has 3 heterocycles. The average molecular weight is 410 g/mol. The summed E-state index contributed by atoms with van der Waals surface area (Å²) in [6.45, 7) is 9.07.